The fourth-order valence-corrected chi connectivity index (χ4v) is 3.58. The van der Waals surface area contributed by atoms with Crippen molar-refractivity contribution in [1.82, 2.24) is 9.88 Å². The van der Waals surface area contributed by atoms with Crippen LogP contribution >= 0.6 is 0 Å². The van der Waals surface area contributed by atoms with Crippen molar-refractivity contribution in [2.75, 3.05) is 0 Å². The van der Waals surface area contributed by atoms with Crippen molar-refractivity contribution in [1.29, 1.82) is 0 Å². The second-order valence-electron chi connectivity index (χ2n) is 6.85. The van der Waals surface area contributed by atoms with Gasteiger partial charge in [0.05, 0.1) is 5.69 Å². The number of fused-ring (bicyclic) bond motifs is 1. The van der Waals surface area contributed by atoms with Gasteiger partial charge in [-0.25, -0.2) is 4.39 Å². The molecule has 1 amide bonds. The summed E-state index contributed by atoms with van der Waals surface area (Å²) in [5.74, 6) is -0.586. The first-order chi connectivity index (χ1) is 14.1. The van der Waals surface area contributed by atoms with Crippen LogP contribution in [0.5, 0.6) is 0 Å². The lowest BCUT2D eigenvalue weighted by Crippen LogP contribution is -2.20. The first-order valence-corrected chi connectivity index (χ1v) is 9.47. The van der Waals surface area contributed by atoms with Crippen LogP contribution in [0.15, 0.2) is 84.9 Å². The highest BCUT2D eigenvalue weighted by atomic mass is 19.1. The van der Waals surface area contributed by atoms with E-state index in [-0.39, 0.29) is 18.3 Å². The van der Waals surface area contributed by atoms with Crippen molar-refractivity contribution in [2.24, 2.45) is 7.05 Å². The van der Waals surface area contributed by atoms with Gasteiger partial charge in [-0.15, -0.1) is 0 Å². The first kappa shape index (κ1) is 18.7. The zero-order valence-corrected chi connectivity index (χ0v) is 16.1. The topological polar surface area (TPSA) is 34.0 Å². The molecule has 3 aromatic carbocycles. The molecule has 0 saturated heterocycles. The van der Waals surface area contributed by atoms with E-state index in [1.807, 2.05) is 43.5 Å². The number of amides is 1. The highest BCUT2D eigenvalue weighted by Crippen LogP contribution is 2.33. The molecule has 0 radical (unpaired) electrons. The Morgan fingerprint density at radius 1 is 0.966 bits per heavy atom. The largest absolute Gasteiger partial charge is 0.348 e. The molecule has 144 valence electrons. The van der Waals surface area contributed by atoms with E-state index < -0.39 is 0 Å². The number of nitrogens with zero attached hydrogens (tertiary/aromatic N) is 1. The summed E-state index contributed by atoms with van der Waals surface area (Å²) in [6.07, 6.45) is 3.34. The van der Waals surface area contributed by atoms with Gasteiger partial charge in [-0.3, -0.25) is 4.79 Å². The molecule has 1 N–H and O–H groups in total. The van der Waals surface area contributed by atoms with Crippen molar-refractivity contribution in [3.05, 3.63) is 102 Å². The number of hydrogen-bond donors (Lipinski definition) is 1. The molecule has 0 saturated carbocycles. The predicted molar refractivity (Wildman–Crippen MR) is 116 cm³/mol. The molecular formula is C25H21FN2O. The molecule has 0 unspecified atom stereocenters. The van der Waals surface area contributed by atoms with Crippen molar-refractivity contribution < 1.29 is 9.18 Å². The molecule has 1 heterocycles. The fourth-order valence-electron chi connectivity index (χ4n) is 3.58. The Morgan fingerprint density at radius 3 is 2.45 bits per heavy atom. The van der Waals surface area contributed by atoms with E-state index in [0.29, 0.717) is 5.56 Å². The monoisotopic (exact) mass is 384 g/mol. The third-order valence-corrected chi connectivity index (χ3v) is 5.01. The Kier molecular flexibility index (Phi) is 5.25. The second kappa shape index (κ2) is 8.15. The van der Waals surface area contributed by atoms with E-state index in [1.54, 1.807) is 18.2 Å². The summed E-state index contributed by atoms with van der Waals surface area (Å²) in [6, 6.07) is 24.7. The first-order valence-electron chi connectivity index (χ1n) is 9.47. The van der Waals surface area contributed by atoms with E-state index in [0.717, 1.165) is 27.7 Å². The van der Waals surface area contributed by atoms with Crippen molar-refractivity contribution >= 4 is 22.9 Å². The maximum atomic E-state index is 13.7. The van der Waals surface area contributed by atoms with Crippen LogP contribution in [-0.4, -0.2) is 10.5 Å². The van der Waals surface area contributed by atoms with Gasteiger partial charge in [0.1, 0.15) is 5.82 Å². The number of carbonyl (C=O) groups is 1. The molecule has 4 aromatic rings. The molecule has 29 heavy (non-hydrogen) atoms. The number of aryl methyl sites for hydroxylation is 1. The standard InChI is InChI=1S/C25H21FN2O/c1-28-23-14-8-6-12-20(23)21(25(28)18-9-3-2-4-10-18)15-16-24(29)27-17-19-11-5-7-13-22(19)26/h2-16H,17H2,1H3,(H,27,29). The van der Waals surface area contributed by atoms with Crippen LogP contribution in [0.4, 0.5) is 4.39 Å². The lowest BCUT2D eigenvalue weighted by atomic mass is 10.0. The number of aromatic nitrogens is 1. The van der Waals surface area contributed by atoms with Gasteiger partial charge >= 0.3 is 0 Å². The molecule has 4 rings (SSSR count). The van der Waals surface area contributed by atoms with E-state index >= 15 is 0 Å². The van der Waals surface area contributed by atoms with Gasteiger partial charge in [-0.2, -0.15) is 0 Å². The predicted octanol–water partition coefficient (Wildman–Crippen LogP) is 5.31. The van der Waals surface area contributed by atoms with E-state index in [9.17, 15) is 9.18 Å². The second-order valence-corrected chi connectivity index (χ2v) is 6.85. The normalized spacial score (nSPS) is 11.2. The molecule has 0 aliphatic heterocycles. The average Bonchev–Trinajstić information content (AvgIpc) is 3.04. The van der Waals surface area contributed by atoms with Crippen LogP contribution < -0.4 is 5.32 Å². The maximum Gasteiger partial charge on any atom is 0.244 e. The number of hydrogen-bond acceptors (Lipinski definition) is 1. The van der Waals surface area contributed by atoms with Gasteiger partial charge < -0.3 is 9.88 Å². The Bertz CT molecular complexity index is 1190. The zero-order valence-electron chi connectivity index (χ0n) is 16.1. The minimum atomic E-state index is -0.322. The van der Waals surface area contributed by atoms with Crippen molar-refractivity contribution in [3.8, 4) is 11.3 Å². The van der Waals surface area contributed by atoms with Crippen LogP contribution in [0, 0.1) is 5.82 Å². The molecule has 0 aliphatic rings. The zero-order chi connectivity index (χ0) is 20.2. The molecular weight excluding hydrogens is 363 g/mol. The highest BCUT2D eigenvalue weighted by Gasteiger charge is 2.14. The summed E-state index contributed by atoms with van der Waals surface area (Å²) in [4.78, 5) is 12.4. The number of para-hydroxylation sites is 1. The number of nitrogens with one attached hydrogen (secondary N) is 1. The summed E-state index contributed by atoms with van der Waals surface area (Å²) in [7, 11) is 2.03. The molecule has 0 aliphatic carbocycles. The summed E-state index contributed by atoms with van der Waals surface area (Å²) >= 11 is 0. The van der Waals surface area contributed by atoms with Crippen molar-refractivity contribution in [3.63, 3.8) is 0 Å². The van der Waals surface area contributed by atoms with Gasteiger partial charge in [0.15, 0.2) is 0 Å². The van der Waals surface area contributed by atoms with Crippen LogP contribution in [0.25, 0.3) is 28.2 Å². The molecule has 0 spiro atoms. The lowest BCUT2D eigenvalue weighted by molar-refractivity contribution is -0.116. The van der Waals surface area contributed by atoms with E-state index in [4.69, 9.17) is 0 Å². The Hall–Kier alpha value is -3.66. The van der Waals surface area contributed by atoms with Gasteiger partial charge in [0, 0.05) is 41.7 Å². The Balaban J connectivity index is 1.65. The summed E-state index contributed by atoms with van der Waals surface area (Å²) in [5, 5.41) is 3.83. The SMILES string of the molecule is Cn1c(-c2ccccc2)c(C=CC(=O)NCc2ccccc2F)c2ccccc21. The van der Waals surface area contributed by atoms with E-state index in [1.165, 1.54) is 12.1 Å². The van der Waals surface area contributed by atoms with Crippen LogP contribution in [0.1, 0.15) is 11.1 Å². The number of rotatable bonds is 5. The minimum Gasteiger partial charge on any atom is -0.348 e. The van der Waals surface area contributed by atoms with Gasteiger partial charge in [0.25, 0.3) is 0 Å². The average molecular weight is 384 g/mol. The molecule has 1 aromatic heterocycles. The maximum absolute atomic E-state index is 13.7. The Morgan fingerprint density at radius 2 is 1.66 bits per heavy atom. The highest BCUT2D eigenvalue weighted by molar-refractivity contribution is 6.01. The Labute approximate surface area is 169 Å². The molecule has 0 fully saturated rings. The van der Waals surface area contributed by atoms with Gasteiger partial charge in [-0.1, -0.05) is 66.7 Å². The minimum absolute atomic E-state index is 0.150. The third kappa shape index (κ3) is 3.83. The molecule has 3 nitrogen and oxygen atoms in total. The summed E-state index contributed by atoms with van der Waals surface area (Å²) < 4.78 is 15.9. The fraction of sp³-hybridized carbons (Fsp3) is 0.0800. The third-order valence-electron chi connectivity index (χ3n) is 5.01. The molecule has 0 bridgehead atoms. The lowest BCUT2D eigenvalue weighted by Gasteiger charge is -2.06. The quantitative estimate of drug-likeness (QED) is 0.465. The number of halogens is 1. The van der Waals surface area contributed by atoms with Crippen LogP contribution in [-0.2, 0) is 18.4 Å². The van der Waals surface area contributed by atoms with Crippen LogP contribution in [0.2, 0.25) is 0 Å². The molecule has 0 atom stereocenters. The number of carbonyl (C=O) groups excluding carboxylic acids is 1. The molecule has 4 heteroatoms. The van der Waals surface area contributed by atoms with Crippen molar-refractivity contribution in [2.45, 2.75) is 6.54 Å². The summed E-state index contributed by atoms with van der Waals surface area (Å²) in [5.41, 5.74) is 4.67. The number of benzene rings is 3. The van der Waals surface area contributed by atoms with Gasteiger partial charge in [-0.05, 0) is 23.8 Å². The van der Waals surface area contributed by atoms with Crippen LogP contribution in [0.3, 0.4) is 0 Å². The van der Waals surface area contributed by atoms with E-state index in [2.05, 4.69) is 34.1 Å². The smallest absolute Gasteiger partial charge is 0.244 e. The summed E-state index contributed by atoms with van der Waals surface area (Å²) in [6.45, 7) is 0.150. The van der Waals surface area contributed by atoms with Gasteiger partial charge in [0.2, 0.25) is 5.91 Å².